The van der Waals surface area contributed by atoms with Gasteiger partial charge in [0.15, 0.2) is 0 Å². The summed E-state index contributed by atoms with van der Waals surface area (Å²) in [6.07, 6.45) is 0. The van der Waals surface area contributed by atoms with Crippen LogP contribution in [-0.2, 0) is 0 Å². The second kappa shape index (κ2) is 5.32. The highest BCUT2D eigenvalue weighted by Crippen LogP contribution is 2.16. The molecule has 1 rings (SSSR count). The Bertz CT molecular complexity index is 383. The van der Waals surface area contributed by atoms with Crippen LogP contribution in [0.4, 0.5) is 0 Å². The molecule has 0 heterocycles. The Morgan fingerprint density at radius 3 is 2.06 bits per heavy atom. The summed E-state index contributed by atoms with van der Waals surface area (Å²) in [7, 11) is 0. The molecule has 94 valence electrons. The van der Waals surface area contributed by atoms with Crippen LogP contribution in [0.5, 0.6) is 0 Å². The number of nitrogens with one attached hydrogen (secondary N) is 1. The summed E-state index contributed by atoms with van der Waals surface area (Å²) in [4.78, 5) is 4.55. The summed E-state index contributed by atoms with van der Waals surface area (Å²) in [5.41, 5.74) is 4.87. The smallest absolute Gasteiger partial charge is 0.143 e. The average molecular weight is 233 g/mol. The number of rotatable bonds is 2. The highest BCUT2D eigenvalue weighted by atomic mass is 15.3. The van der Waals surface area contributed by atoms with Crippen molar-refractivity contribution in [3.05, 3.63) is 35.4 Å². The molecule has 0 atom stereocenters. The maximum absolute atomic E-state index is 5.53. The molecule has 0 aromatic heterocycles. The number of amidine groups is 1. The molecule has 0 saturated carbocycles. The molecule has 0 saturated heterocycles. The Hall–Kier alpha value is -1.35. The molecule has 3 nitrogen and oxygen atoms in total. The Kier molecular flexibility index (Phi) is 4.29. The summed E-state index contributed by atoms with van der Waals surface area (Å²) >= 11 is 0. The molecule has 0 bridgehead atoms. The van der Waals surface area contributed by atoms with Gasteiger partial charge in [0.25, 0.3) is 0 Å². The van der Waals surface area contributed by atoms with E-state index in [4.69, 9.17) is 5.84 Å². The largest absolute Gasteiger partial charge is 0.308 e. The molecule has 3 heteroatoms. The van der Waals surface area contributed by atoms with Gasteiger partial charge >= 0.3 is 0 Å². The third-order valence-electron chi connectivity index (χ3n) is 2.43. The number of nitrogens with two attached hydrogens (primary N) is 1. The number of hydrazine groups is 1. The van der Waals surface area contributed by atoms with Gasteiger partial charge in [0.05, 0.1) is 5.54 Å². The topological polar surface area (TPSA) is 50.4 Å². The van der Waals surface area contributed by atoms with Crippen molar-refractivity contribution in [3.63, 3.8) is 0 Å². The van der Waals surface area contributed by atoms with E-state index in [2.05, 4.69) is 48.5 Å². The fourth-order valence-electron chi connectivity index (χ4n) is 1.54. The standard InChI is InChI=1S/C14H23N3/c1-10(2)11-6-8-12(9-7-11)13(17-15)16-14(3,4)5/h6-10H,15H2,1-5H3,(H,16,17). The van der Waals surface area contributed by atoms with Crippen LogP contribution in [0, 0.1) is 0 Å². The summed E-state index contributed by atoms with van der Waals surface area (Å²) in [6, 6.07) is 8.35. The second-order valence-electron chi connectivity index (χ2n) is 5.55. The first-order valence-electron chi connectivity index (χ1n) is 6.00. The van der Waals surface area contributed by atoms with Gasteiger partial charge in [-0.25, -0.2) is 5.84 Å². The third-order valence-corrected chi connectivity index (χ3v) is 2.43. The fraction of sp³-hybridized carbons (Fsp3) is 0.500. The number of nitrogens with zero attached hydrogens (tertiary/aromatic N) is 1. The highest BCUT2D eigenvalue weighted by Gasteiger charge is 2.11. The average Bonchev–Trinajstić information content (AvgIpc) is 2.25. The Morgan fingerprint density at radius 1 is 1.18 bits per heavy atom. The lowest BCUT2D eigenvalue weighted by atomic mass is 10.0. The van der Waals surface area contributed by atoms with Crippen LogP contribution in [0.25, 0.3) is 0 Å². The normalized spacial score (nSPS) is 13.0. The first-order chi connectivity index (χ1) is 7.83. The minimum atomic E-state index is -0.140. The Labute approximate surface area is 104 Å². The lowest BCUT2D eigenvalue weighted by Crippen LogP contribution is -2.33. The van der Waals surface area contributed by atoms with Gasteiger partial charge in [-0.3, -0.25) is 4.99 Å². The molecular formula is C14H23N3. The van der Waals surface area contributed by atoms with E-state index in [1.54, 1.807) is 0 Å². The van der Waals surface area contributed by atoms with E-state index in [0.717, 1.165) is 11.4 Å². The number of aliphatic imine (C=N–C) groups is 1. The predicted octanol–water partition coefficient (Wildman–Crippen LogP) is 2.82. The minimum Gasteiger partial charge on any atom is -0.308 e. The van der Waals surface area contributed by atoms with Gasteiger partial charge in [-0.1, -0.05) is 38.1 Å². The van der Waals surface area contributed by atoms with Crippen LogP contribution >= 0.6 is 0 Å². The van der Waals surface area contributed by atoms with Gasteiger partial charge in [0, 0.05) is 5.56 Å². The summed E-state index contributed by atoms with van der Waals surface area (Å²) in [5, 5.41) is 0. The molecule has 0 amide bonds. The van der Waals surface area contributed by atoms with Crippen LogP contribution in [0.15, 0.2) is 29.3 Å². The quantitative estimate of drug-likeness (QED) is 0.357. The number of benzene rings is 1. The van der Waals surface area contributed by atoms with E-state index >= 15 is 0 Å². The van der Waals surface area contributed by atoms with E-state index in [-0.39, 0.29) is 5.54 Å². The molecule has 1 aromatic carbocycles. The highest BCUT2D eigenvalue weighted by molar-refractivity contribution is 5.98. The van der Waals surface area contributed by atoms with E-state index in [9.17, 15) is 0 Å². The van der Waals surface area contributed by atoms with Crippen molar-refractivity contribution in [1.82, 2.24) is 5.43 Å². The Balaban J connectivity index is 3.02. The number of hydrogen-bond donors (Lipinski definition) is 2. The van der Waals surface area contributed by atoms with Crippen molar-refractivity contribution < 1.29 is 0 Å². The minimum absolute atomic E-state index is 0.140. The van der Waals surface area contributed by atoms with E-state index in [0.29, 0.717) is 5.92 Å². The van der Waals surface area contributed by atoms with Crippen LogP contribution in [-0.4, -0.2) is 11.4 Å². The van der Waals surface area contributed by atoms with E-state index in [1.165, 1.54) is 5.56 Å². The van der Waals surface area contributed by atoms with Gasteiger partial charge in [0.1, 0.15) is 5.84 Å². The maximum Gasteiger partial charge on any atom is 0.143 e. The van der Waals surface area contributed by atoms with Gasteiger partial charge < -0.3 is 5.43 Å². The molecule has 0 radical (unpaired) electrons. The van der Waals surface area contributed by atoms with Crippen LogP contribution in [0.1, 0.15) is 51.7 Å². The van der Waals surface area contributed by atoms with Gasteiger partial charge in [-0.05, 0) is 32.3 Å². The van der Waals surface area contributed by atoms with Crippen LogP contribution in [0.2, 0.25) is 0 Å². The van der Waals surface area contributed by atoms with E-state index < -0.39 is 0 Å². The molecular weight excluding hydrogens is 210 g/mol. The Morgan fingerprint density at radius 2 is 1.71 bits per heavy atom. The second-order valence-corrected chi connectivity index (χ2v) is 5.55. The van der Waals surface area contributed by atoms with Crippen molar-refractivity contribution in [1.29, 1.82) is 0 Å². The molecule has 0 fully saturated rings. The maximum atomic E-state index is 5.53. The molecule has 0 aliphatic rings. The van der Waals surface area contributed by atoms with Gasteiger partial charge in [-0.15, -0.1) is 0 Å². The number of hydrogen-bond acceptors (Lipinski definition) is 2. The first kappa shape index (κ1) is 13.7. The van der Waals surface area contributed by atoms with Crippen molar-refractivity contribution in [2.45, 2.75) is 46.1 Å². The first-order valence-corrected chi connectivity index (χ1v) is 6.00. The van der Waals surface area contributed by atoms with Crippen molar-refractivity contribution in [2.75, 3.05) is 0 Å². The molecule has 17 heavy (non-hydrogen) atoms. The lowest BCUT2D eigenvalue weighted by Gasteiger charge is -2.16. The fourth-order valence-corrected chi connectivity index (χ4v) is 1.54. The van der Waals surface area contributed by atoms with Gasteiger partial charge in [-0.2, -0.15) is 0 Å². The predicted molar refractivity (Wildman–Crippen MR) is 74.1 cm³/mol. The van der Waals surface area contributed by atoms with E-state index in [1.807, 2.05) is 20.8 Å². The molecule has 0 aliphatic heterocycles. The van der Waals surface area contributed by atoms with Crippen molar-refractivity contribution >= 4 is 5.84 Å². The lowest BCUT2D eigenvalue weighted by molar-refractivity contribution is 0.580. The van der Waals surface area contributed by atoms with Crippen LogP contribution in [0.3, 0.4) is 0 Å². The molecule has 3 N–H and O–H groups in total. The zero-order valence-corrected chi connectivity index (χ0v) is 11.4. The monoisotopic (exact) mass is 233 g/mol. The SMILES string of the molecule is CC(C)c1ccc(C(=NC(C)(C)C)NN)cc1. The zero-order valence-electron chi connectivity index (χ0n) is 11.4. The summed E-state index contributed by atoms with van der Waals surface area (Å²) in [5.74, 6) is 6.80. The van der Waals surface area contributed by atoms with Crippen molar-refractivity contribution in [3.8, 4) is 0 Å². The summed E-state index contributed by atoms with van der Waals surface area (Å²) < 4.78 is 0. The molecule has 0 unspecified atom stereocenters. The molecule has 0 spiro atoms. The van der Waals surface area contributed by atoms with Gasteiger partial charge in [0.2, 0.25) is 0 Å². The molecule has 0 aliphatic carbocycles. The van der Waals surface area contributed by atoms with Crippen LogP contribution < -0.4 is 11.3 Å². The summed E-state index contributed by atoms with van der Waals surface area (Å²) in [6.45, 7) is 10.5. The van der Waals surface area contributed by atoms with Crippen molar-refractivity contribution in [2.24, 2.45) is 10.8 Å². The molecule has 1 aromatic rings. The third kappa shape index (κ3) is 4.19. The zero-order chi connectivity index (χ0) is 13.1.